The van der Waals surface area contributed by atoms with Gasteiger partial charge in [0.25, 0.3) is 5.91 Å². The van der Waals surface area contributed by atoms with Gasteiger partial charge in [0.05, 0.1) is 4.47 Å². The zero-order valence-electron chi connectivity index (χ0n) is 20.0. The third-order valence-corrected chi connectivity index (χ3v) is 5.93. The van der Waals surface area contributed by atoms with Crippen LogP contribution in [0.2, 0.25) is 0 Å². The molecule has 1 atom stereocenters. The van der Waals surface area contributed by atoms with Crippen LogP contribution in [0.3, 0.4) is 0 Å². The Bertz CT molecular complexity index is 932. The van der Waals surface area contributed by atoms with Crippen molar-refractivity contribution >= 4 is 27.7 Å². The molecule has 0 aliphatic rings. The Morgan fingerprint density at radius 3 is 2.30 bits per heavy atom. The number of nitrogens with zero attached hydrogens (tertiary/aromatic N) is 1. The third kappa shape index (κ3) is 8.14. The number of hydrogen-bond acceptors (Lipinski definition) is 3. The Hall–Kier alpha value is -2.41. The van der Waals surface area contributed by atoms with E-state index >= 15 is 0 Å². The standard InChI is InChI=1S/C26H34BrFN2O3/c1-6-23(26(32)29-14-17(2)3)30(15-19-7-10-21(28)11-8-19)25(31)16-33-24-12-9-20(18(4)5)13-22(24)27/h7-13,17-18,23H,6,14-16H2,1-5H3,(H,29,32)/t23-/m1/s1. The molecule has 2 rings (SSSR count). The van der Waals surface area contributed by atoms with Crippen LogP contribution in [-0.4, -0.2) is 35.9 Å². The number of nitrogens with one attached hydrogen (secondary N) is 1. The molecule has 2 aromatic carbocycles. The van der Waals surface area contributed by atoms with E-state index in [0.717, 1.165) is 15.6 Å². The topological polar surface area (TPSA) is 58.6 Å². The summed E-state index contributed by atoms with van der Waals surface area (Å²) in [7, 11) is 0. The van der Waals surface area contributed by atoms with Crippen molar-refractivity contribution in [1.29, 1.82) is 0 Å². The molecule has 33 heavy (non-hydrogen) atoms. The van der Waals surface area contributed by atoms with Crippen molar-refractivity contribution in [1.82, 2.24) is 10.2 Å². The summed E-state index contributed by atoms with van der Waals surface area (Å²) in [6, 6.07) is 11.1. The average Bonchev–Trinajstić information content (AvgIpc) is 2.77. The second-order valence-corrected chi connectivity index (χ2v) is 9.70. The summed E-state index contributed by atoms with van der Waals surface area (Å²) in [5.74, 6) is 0.359. The molecule has 7 heteroatoms. The minimum Gasteiger partial charge on any atom is -0.483 e. The normalized spacial score (nSPS) is 12.0. The van der Waals surface area contributed by atoms with Gasteiger partial charge in [0, 0.05) is 13.1 Å². The first-order valence-corrected chi connectivity index (χ1v) is 12.2. The minimum atomic E-state index is -0.656. The molecule has 0 unspecified atom stereocenters. The summed E-state index contributed by atoms with van der Waals surface area (Å²) in [5, 5.41) is 2.92. The van der Waals surface area contributed by atoms with Crippen molar-refractivity contribution in [3.8, 4) is 5.75 Å². The summed E-state index contributed by atoms with van der Waals surface area (Å²) in [6.07, 6.45) is 0.448. The van der Waals surface area contributed by atoms with E-state index in [4.69, 9.17) is 4.74 Å². The predicted octanol–water partition coefficient (Wildman–Crippen LogP) is 5.67. The zero-order chi connectivity index (χ0) is 24.5. The summed E-state index contributed by atoms with van der Waals surface area (Å²) >= 11 is 3.51. The van der Waals surface area contributed by atoms with Crippen molar-refractivity contribution in [2.75, 3.05) is 13.2 Å². The lowest BCUT2D eigenvalue weighted by Crippen LogP contribution is -2.50. The second-order valence-electron chi connectivity index (χ2n) is 8.84. The Labute approximate surface area is 204 Å². The Morgan fingerprint density at radius 2 is 1.76 bits per heavy atom. The van der Waals surface area contributed by atoms with E-state index in [1.807, 2.05) is 39.0 Å². The molecule has 5 nitrogen and oxygen atoms in total. The number of rotatable bonds is 11. The lowest BCUT2D eigenvalue weighted by Gasteiger charge is -2.31. The second kappa shape index (κ2) is 12.7. The van der Waals surface area contributed by atoms with Crippen LogP contribution in [0.4, 0.5) is 4.39 Å². The first kappa shape index (κ1) is 26.8. The van der Waals surface area contributed by atoms with Gasteiger partial charge in [-0.1, -0.05) is 52.8 Å². The van der Waals surface area contributed by atoms with E-state index in [1.54, 1.807) is 12.1 Å². The summed E-state index contributed by atoms with van der Waals surface area (Å²) in [5.41, 5.74) is 1.90. The van der Waals surface area contributed by atoms with Crippen LogP contribution >= 0.6 is 15.9 Å². The first-order valence-electron chi connectivity index (χ1n) is 11.4. The maximum atomic E-state index is 13.4. The van der Waals surface area contributed by atoms with Gasteiger partial charge in [-0.15, -0.1) is 0 Å². The molecule has 1 N–H and O–H groups in total. The van der Waals surface area contributed by atoms with Gasteiger partial charge in [0.1, 0.15) is 17.6 Å². The molecule has 0 saturated heterocycles. The van der Waals surface area contributed by atoms with Crippen LogP contribution in [0, 0.1) is 11.7 Å². The van der Waals surface area contributed by atoms with Crippen LogP contribution in [0.5, 0.6) is 5.75 Å². The molecule has 180 valence electrons. The number of carbonyl (C=O) groups is 2. The van der Waals surface area contributed by atoms with Gasteiger partial charge in [-0.25, -0.2) is 4.39 Å². The first-order chi connectivity index (χ1) is 15.6. The zero-order valence-corrected chi connectivity index (χ0v) is 21.6. The fraction of sp³-hybridized carbons (Fsp3) is 0.462. The van der Waals surface area contributed by atoms with Gasteiger partial charge in [-0.3, -0.25) is 9.59 Å². The van der Waals surface area contributed by atoms with E-state index in [1.165, 1.54) is 17.0 Å². The number of amides is 2. The average molecular weight is 521 g/mol. The van der Waals surface area contributed by atoms with Gasteiger partial charge in [-0.05, 0) is 69.6 Å². The van der Waals surface area contributed by atoms with E-state index < -0.39 is 6.04 Å². The van der Waals surface area contributed by atoms with Gasteiger partial charge in [0.15, 0.2) is 6.61 Å². The number of halogens is 2. The predicted molar refractivity (Wildman–Crippen MR) is 133 cm³/mol. The van der Waals surface area contributed by atoms with Crippen molar-refractivity contribution in [3.63, 3.8) is 0 Å². The summed E-state index contributed by atoms with van der Waals surface area (Å²) in [6.45, 7) is 10.6. The molecule has 0 fully saturated rings. The van der Waals surface area contributed by atoms with Crippen molar-refractivity contribution < 1.29 is 18.7 Å². The summed E-state index contributed by atoms with van der Waals surface area (Å²) < 4.78 is 20.0. The van der Waals surface area contributed by atoms with Crippen LogP contribution in [-0.2, 0) is 16.1 Å². The lowest BCUT2D eigenvalue weighted by molar-refractivity contribution is -0.143. The highest BCUT2D eigenvalue weighted by Crippen LogP contribution is 2.29. The van der Waals surface area contributed by atoms with Crippen molar-refractivity contribution in [3.05, 3.63) is 63.9 Å². The fourth-order valence-corrected chi connectivity index (χ4v) is 3.86. The Morgan fingerprint density at radius 1 is 1.09 bits per heavy atom. The van der Waals surface area contributed by atoms with E-state index in [9.17, 15) is 14.0 Å². The molecule has 2 amide bonds. The lowest BCUT2D eigenvalue weighted by atomic mass is 10.0. The van der Waals surface area contributed by atoms with E-state index in [2.05, 4.69) is 35.1 Å². The van der Waals surface area contributed by atoms with Crippen molar-refractivity contribution in [2.45, 2.75) is 59.5 Å². The maximum absolute atomic E-state index is 13.4. The van der Waals surface area contributed by atoms with Crippen LogP contribution in [0.25, 0.3) is 0 Å². The van der Waals surface area contributed by atoms with Crippen LogP contribution in [0.15, 0.2) is 46.9 Å². The quantitative estimate of drug-likeness (QED) is 0.415. The van der Waals surface area contributed by atoms with Gasteiger partial charge < -0.3 is 15.0 Å². The molecule has 2 aromatic rings. The van der Waals surface area contributed by atoms with E-state index in [0.29, 0.717) is 30.6 Å². The highest BCUT2D eigenvalue weighted by molar-refractivity contribution is 9.10. The van der Waals surface area contributed by atoms with Crippen LogP contribution < -0.4 is 10.1 Å². The maximum Gasteiger partial charge on any atom is 0.261 e. The Balaban J connectivity index is 2.20. The smallest absolute Gasteiger partial charge is 0.261 e. The number of ether oxygens (including phenoxy) is 1. The molecule has 0 spiro atoms. The number of benzene rings is 2. The molecular formula is C26H34BrFN2O3. The van der Waals surface area contributed by atoms with Gasteiger partial charge >= 0.3 is 0 Å². The number of carbonyl (C=O) groups excluding carboxylic acids is 2. The molecule has 0 heterocycles. The fourth-order valence-electron chi connectivity index (χ4n) is 3.34. The molecular weight excluding hydrogens is 487 g/mol. The monoisotopic (exact) mass is 520 g/mol. The molecule has 0 aliphatic heterocycles. The van der Waals surface area contributed by atoms with Gasteiger partial charge in [0.2, 0.25) is 5.91 Å². The van der Waals surface area contributed by atoms with Crippen molar-refractivity contribution in [2.24, 2.45) is 5.92 Å². The molecule has 0 radical (unpaired) electrons. The highest BCUT2D eigenvalue weighted by Gasteiger charge is 2.29. The molecule has 0 aromatic heterocycles. The van der Waals surface area contributed by atoms with E-state index in [-0.39, 0.29) is 30.8 Å². The Kier molecular flexibility index (Phi) is 10.4. The van der Waals surface area contributed by atoms with Crippen LogP contribution in [0.1, 0.15) is 58.1 Å². The highest BCUT2D eigenvalue weighted by atomic mass is 79.9. The minimum absolute atomic E-state index is 0.184. The SMILES string of the molecule is CC[C@H](C(=O)NCC(C)C)N(Cc1ccc(F)cc1)C(=O)COc1ccc(C(C)C)cc1Br. The number of hydrogen-bond donors (Lipinski definition) is 1. The van der Waals surface area contributed by atoms with Gasteiger partial charge in [-0.2, -0.15) is 0 Å². The largest absolute Gasteiger partial charge is 0.483 e. The summed E-state index contributed by atoms with van der Waals surface area (Å²) in [4.78, 5) is 27.6. The third-order valence-electron chi connectivity index (χ3n) is 5.31. The molecule has 0 bridgehead atoms. The molecule has 0 aliphatic carbocycles. The molecule has 0 saturated carbocycles.